The molecule has 1 aliphatic heterocycles. The predicted octanol–water partition coefficient (Wildman–Crippen LogP) is 3.61. The van der Waals surface area contributed by atoms with E-state index < -0.39 is 11.6 Å². The van der Waals surface area contributed by atoms with Gasteiger partial charge >= 0.3 is 5.97 Å². The molecule has 0 fully saturated rings. The molecule has 0 spiro atoms. The number of cyclic esters (lactones) is 1. The molecule has 2 aromatic carbocycles. The van der Waals surface area contributed by atoms with Gasteiger partial charge in [0.15, 0.2) is 0 Å². The summed E-state index contributed by atoms with van der Waals surface area (Å²) < 4.78 is 5.64. The van der Waals surface area contributed by atoms with E-state index in [4.69, 9.17) is 4.74 Å². The van der Waals surface area contributed by atoms with Crippen molar-refractivity contribution in [3.05, 3.63) is 77.6 Å². The highest BCUT2D eigenvalue weighted by Gasteiger charge is 2.40. The molecule has 0 bridgehead atoms. The molecule has 1 heterocycles. The quantitative estimate of drug-likeness (QED) is 0.847. The first-order valence-corrected chi connectivity index (χ1v) is 7.53. The molecular formula is C19H18O4. The summed E-state index contributed by atoms with van der Waals surface area (Å²) in [5.74, 6) is -0.383. The van der Waals surface area contributed by atoms with Gasteiger partial charge in [0.05, 0.1) is 6.08 Å². The van der Waals surface area contributed by atoms with E-state index >= 15 is 0 Å². The molecule has 118 valence electrons. The fraction of sp³-hybridized carbons (Fsp3) is 0.211. The van der Waals surface area contributed by atoms with Gasteiger partial charge in [-0.2, -0.15) is 0 Å². The number of aryl methyl sites for hydroxylation is 1. The maximum Gasteiger partial charge on any atom is 0.335 e. The summed E-state index contributed by atoms with van der Waals surface area (Å²) in [6.07, 6.45) is 2.60. The molecule has 23 heavy (non-hydrogen) atoms. The third kappa shape index (κ3) is 3.37. The summed E-state index contributed by atoms with van der Waals surface area (Å²) in [4.78, 5) is 11.8. The maximum atomic E-state index is 11.8. The van der Waals surface area contributed by atoms with E-state index in [2.05, 4.69) is 0 Å². The molecule has 1 unspecified atom stereocenters. The molecule has 0 saturated carbocycles. The van der Waals surface area contributed by atoms with Crippen molar-refractivity contribution in [1.82, 2.24) is 0 Å². The molecule has 3 rings (SSSR count). The molecule has 0 aromatic heterocycles. The second kappa shape index (κ2) is 6.16. The number of aliphatic hydroxyl groups excluding tert-OH is 1. The third-order valence-corrected chi connectivity index (χ3v) is 4.10. The highest BCUT2D eigenvalue weighted by atomic mass is 16.6. The van der Waals surface area contributed by atoms with E-state index in [0.717, 1.165) is 17.2 Å². The van der Waals surface area contributed by atoms with Crippen LogP contribution in [-0.2, 0) is 21.6 Å². The fourth-order valence-electron chi connectivity index (χ4n) is 2.94. The minimum Gasteiger partial charge on any atom is -0.512 e. The normalized spacial score (nSPS) is 20.7. The number of carbonyl (C=O) groups is 1. The zero-order valence-electron chi connectivity index (χ0n) is 12.6. The number of hydrogen-bond donors (Lipinski definition) is 2. The number of aliphatic hydroxyl groups is 1. The SMILES string of the molecule is O=C1C=C(O)CC(CCc2ccccc2)(c2ccc(O)cc2)O1. The molecule has 1 atom stereocenters. The zero-order valence-corrected chi connectivity index (χ0v) is 12.6. The highest BCUT2D eigenvalue weighted by molar-refractivity contribution is 5.84. The molecule has 0 amide bonds. The van der Waals surface area contributed by atoms with Crippen molar-refractivity contribution >= 4 is 5.97 Å². The van der Waals surface area contributed by atoms with Gasteiger partial charge in [-0.15, -0.1) is 0 Å². The van der Waals surface area contributed by atoms with E-state index in [0.29, 0.717) is 12.8 Å². The molecular weight excluding hydrogens is 292 g/mol. The van der Waals surface area contributed by atoms with Gasteiger partial charge in [0, 0.05) is 6.42 Å². The van der Waals surface area contributed by atoms with Gasteiger partial charge in [-0.25, -0.2) is 4.79 Å². The molecule has 2 N–H and O–H groups in total. The van der Waals surface area contributed by atoms with Crippen molar-refractivity contribution < 1.29 is 19.7 Å². The first-order valence-electron chi connectivity index (χ1n) is 7.53. The summed E-state index contributed by atoms with van der Waals surface area (Å²) in [5.41, 5.74) is 0.981. The van der Waals surface area contributed by atoms with Crippen LogP contribution in [0, 0.1) is 0 Å². The number of benzene rings is 2. The smallest absolute Gasteiger partial charge is 0.335 e. The molecule has 4 nitrogen and oxygen atoms in total. The number of carbonyl (C=O) groups excluding carboxylic acids is 1. The second-order valence-electron chi connectivity index (χ2n) is 5.76. The van der Waals surface area contributed by atoms with E-state index in [-0.39, 0.29) is 17.9 Å². The van der Waals surface area contributed by atoms with E-state index in [9.17, 15) is 15.0 Å². The van der Waals surface area contributed by atoms with Crippen molar-refractivity contribution in [2.24, 2.45) is 0 Å². The number of phenolic OH excluding ortho intramolecular Hbond substituents is 1. The zero-order chi connectivity index (χ0) is 16.3. The predicted molar refractivity (Wildman–Crippen MR) is 86.0 cm³/mol. The Morgan fingerprint density at radius 2 is 1.70 bits per heavy atom. The van der Waals surface area contributed by atoms with Gasteiger partial charge in [0.25, 0.3) is 0 Å². The number of aromatic hydroxyl groups is 1. The molecule has 0 saturated heterocycles. The Bertz CT molecular complexity index is 719. The van der Waals surface area contributed by atoms with Crippen LogP contribution in [0.25, 0.3) is 0 Å². The van der Waals surface area contributed by atoms with Crippen LogP contribution in [0.5, 0.6) is 5.75 Å². The fourth-order valence-corrected chi connectivity index (χ4v) is 2.94. The summed E-state index contributed by atoms with van der Waals surface area (Å²) in [5, 5.41) is 19.4. The van der Waals surface area contributed by atoms with Crippen LogP contribution in [0.3, 0.4) is 0 Å². The Balaban J connectivity index is 1.92. The van der Waals surface area contributed by atoms with Crippen molar-refractivity contribution in [2.75, 3.05) is 0 Å². The van der Waals surface area contributed by atoms with Gasteiger partial charge in [0.1, 0.15) is 17.1 Å². The molecule has 0 radical (unpaired) electrons. The monoisotopic (exact) mass is 310 g/mol. The Kier molecular flexibility index (Phi) is 4.06. The Morgan fingerprint density at radius 3 is 2.35 bits per heavy atom. The lowest BCUT2D eigenvalue weighted by Crippen LogP contribution is -2.36. The number of rotatable bonds is 4. The van der Waals surface area contributed by atoms with Crippen molar-refractivity contribution in [2.45, 2.75) is 24.9 Å². The van der Waals surface area contributed by atoms with Crippen molar-refractivity contribution in [1.29, 1.82) is 0 Å². The molecule has 4 heteroatoms. The third-order valence-electron chi connectivity index (χ3n) is 4.10. The lowest BCUT2D eigenvalue weighted by molar-refractivity contribution is -0.159. The van der Waals surface area contributed by atoms with Crippen LogP contribution in [0.4, 0.5) is 0 Å². The number of phenols is 1. The number of esters is 1. The molecule has 2 aromatic rings. The first-order chi connectivity index (χ1) is 11.1. The van der Waals surface area contributed by atoms with Gasteiger partial charge in [0.2, 0.25) is 0 Å². The van der Waals surface area contributed by atoms with Crippen molar-refractivity contribution in [3.63, 3.8) is 0 Å². The van der Waals surface area contributed by atoms with E-state index in [1.807, 2.05) is 30.3 Å². The first kappa shape index (κ1) is 15.2. The van der Waals surface area contributed by atoms with Crippen LogP contribution in [-0.4, -0.2) is 16.2 Å². The van der Waals surface area contributed by atoms with E-state index in [1.54, 1.807) is 24.3 Å². The van der Waals surface area contributed by atoms with Gasteiger partial charge in [-0.1, -0.05) is 42.5 Å². The van der Waals surface area contributed by atoms with E-state index in [1.165, 1.54) is 0 Å². The summed E-state index contributed by atoms with van der Waals surface area (Å²) in [7, 11) is 0. The van der Waals surface area contributed by atoms with Crippen molar-refractivity contribution in [3.8, 4) is 5.75 Å². The van der Waals surface area contributed by atoms with Crippen LogP contribution in [0.1, 0.15) is 24.0 Å². The van der Waals surface area contributed by atoms with Crippen LogP contribution in [0.2, 0.25) is 0 Å². The van der Waals surface area contributed by atoms with Gasteiger partial charge < -0.3 is 14.9 Å². The highest BCUT2D eigenvalue weighted by Crippen LogP contribution is 2.39. The van der Waals surface area contributed by atoms with Crippen LogP contribution < -0.4 is 0 Å². The Labute approximate surface area is 134 Å². The Hall–Kier alpha value is -2.75. The minimum atomic E-state index is -0.917. The Morgan fingerprint density at radius 1 is 1.00 bits per heavy atom. The van der Waals surface area contributed by atoms with Crippen LogP contribution in [0.15, 0.2) is 66.4 Å². The topological polar surface area (TPSA) is 66.8 Å². The summed E-state index contributed by atoms with van der Waals surface area (Å²) in [6, 6.07) is 16.5. The second-order valence-corrected chi connectivity index (χ2v) is 5.76. The van der Waals surface area contributed by atoms with Gasteiger partial charge in [-0.05, 0) is 36.1 Å². The minimum absolute atomic E-state index is 0.0161. The summed E-state index contributed by atoms with van der Waals surface area (Å²) in [6.45, 7) is 0. The van der Waals surface area contributed by atoms with Crippen LogP contribution >= 0.6 is 0 Å². The summed E-state index contributed by atoms with van der Waals surface area (Å²) >= 11 is 0. The standard InChI is InChI=1S/C19H18O4/c20-16-8-6-15(7-9-16)19(13-17(21)12-18(22)23-19)11-10-14-4-2-1-3-5-14/h1-9,12,20-21H,10-11,13H2. The molecule has 1 aliphatic rings. The number of hydrogen-bond acceptors (Lipinski definition) is 4. The average Bonchev–Trinajstić information content (AvgIpc) is 2.54. The number of ether oxygens (including phenoxy) is 1. The maximum absolute atomic E-state index is 11.8. The lowest BCUT2D eigenvalue weighted by Gasteiger charge is -2.36. The largest absolute Gasteiger partial charge is 0.512 e. The average molecular weight is 310 g/mol. The lowest BCUT2D eigenvalue weighted by atomic mass is 9.82. The van der Waals surface area contributed by atoms with Gasteiger partial charge in [-0.3, -0.25) is 0 Å². The molecule has 0 aliphatic carbocycles.